The number of hydrogen-bond donors (Lipinski definition) is 1. The predicted molar refractivity (Wildman–Crippen MR) is 128 cm³/mol. The van der Waals surface area contributed by atoms with Crippen molar-refractivity contribution in [2.24, 2.45) is 0 Å². The average molecular weight is 467 g/mol. The zero-order valence-corrected chi connectivity index (χ0v) is 19.2. The highest BCUT2D eigenvalue weighted by Crippen LogP contribution is 2.38. The predicted octanol–water partition coefficient (Wildman–Crippen LogP) is 5.81. The van der Waals surface area contributed by atoms with Gasteiger partial charge in [-0.05, 0) is 43.7 Å². The van der Waals surface area contributed by atoms with E-state index in [1.54, 1.807) is 19.2 Å². The lowest BCUT2D eigenvalue weighted by Gasteiger charge is -2.21. The molecular formula is C25H24ClFN4O2. The van der Waals surface area contributed by atoms with Gasteiger partial charge in [-0.15, -0.1) is 0 Å². The molecule has 0 amide bonds. The van der Waals surface area contributed by atoms with Gasteiger partial charge in [0.05, 0.1) is 35.5 Å². The van der Waals surface area contributed by atoms with Crippen molar-refractivity contribution in [1.29, 1.82) is 5.26 Å². The standard InChI is InChI=1S/C25H24ClFN4O2/c1-31-7-5-3-4-6-8-33-24-10-18-22(12-23(24)32-2)29-14-17(13-28)25(18)30-21-11-19(26)20(27)9-16(21)15-31/h3-4,9-12,14,30H,5-8,15H2,1-2H3. The summed E-state index contributed by atoms with van der Waals surface area (Å²) in [6.07, 6.45) is 7.32. The maximum Gasteiger partial charge on any atom is 0.162 e. The Bertz CT molecular complexity index is 1260. The summed E-state index contributed by atoms with van der Waals surface area (Å²) in [6, 6.07) is 8.78. The molecule has 3 aromatic rings. The first-order valence-corrected chi connectivity index (χ1v) is 11.0. The van der Waals surface area contributed by atoms with E-state index in [1.165, 1.54) is 12.3 Å². The van der Waals surface area contributed by atoms with E-state index in [1.807, 2.05) is 13.1 Å². The van der Waals surface area contributed by atoms with Gasteiger partial charge in [0.25, 0.3) is 0 Å². The Morgan fingerprint density at radius 1 is 1.24 bits per heavy atom. The van der Waals surface area contributed by atoms with Crippen molar-refractivity contribution in [3.63, 3.8) is 0 Å². The van der Waals surface area contributed by atoms with Crippen LogP contribution in [0.1, 0.15) is 24.0 Å². The topological polar surface area (TPSA) is 70.4 Å². The van der Waals surface area contributed by atoms with Crippen molar-refractivity contribution >= 4 is 33.9 Å². The quantitative estimate of drug-likeness (QED) is 0.456. The van der Waals surface area contributed by atoms with E-state index in [0.29, 0.717) is 52.5 Å². The minimum atomic E-state index is -0.486. The number of rotatable bonds is 1. The van der Waals surface area contributed by atoms with Crippen molar-refractivity contribution < 1.29 is 13.9 Å². The lowest BCUT2D eigenvalue weighted by atomic mass is 10.1. The molecule has 0 unspecified atom stereocenters. The molecule has 0 spiro atoms. The Balaban J connectivity index is 1.92. The number of hydrogen-bond acceptors (Lipinski definition) is 6. The van der Waals surface area contributed by atoms with Gasteiger partial charge < -0.3 is 19.7 Å². The normalized spacial score (nSPS) is 14.9. The number of aromatic nitrogens is 1. The van der Waals surface area contributed by atoms with Crippen molar-refractivity contribution in [1.82, 2.24) is 9.88 Å². The smallest absolute Gasteiger partial charge is 0.162 e. The van der Waals surface area contributed by atoms with E-state index in [9.17, 15) is 9.65 Å². The van der Waals surface area contributed by atoms with Gasteiger partial charge in [-0.2, -0.15) is 5.26 Å². The molecule has 170 valence electrons. The van der Waals surface area contributed by atoms with E-state index in [0.717, 1.165) is 24.9 Å². The van der Waals surface area contributed by atoms with Crippen LogP contribution in [0.2, 0.25) is 5.02 Å². The van der Waals surface area contributed by atoms with Gasteiger partial charge in [-0.1, -0.05) is 23.8 Å². The van der Waals surface area contributed by atoms with E-state index in [2.05, 4.69) is 33.4 Å². The summed E-state index contributed by atoms with van der Waals surface area (Å²) in [5.41, 5.74) is 2.89. The zero-order chi connectivity index (χ0) is 23.4. The Morgan fingerprint density at radius 3 is 2.85 bits per heavy atom. The van der Waals surface area contributed by atoms with Crippen molar-refractivity contribution in [3.05, 3.63) is 64.6 Å². The molecule has 0 fully saturated rings. The number of ether oxygens (including phenoxy) is 2. The van der Waals surface area contributed by atoms with Gasteiger partial charge in [0.2, 0.25) is 0 Å². The van der Waals surface area contributed by atoms with Crippen LogP contribution >= 0.6 is 11.6 Å². The highest BCUT2D eigenvalue weighted by Gasteiger charge is 2.17. The summed E-state index contributed by atoms with van der Waals surface area (Å²) in [4.78, 5) is 6.53. The number of pyridine rings is 1. The first-order valence-electron chi connectivity index (χ1n) is 10.6. The third kappa shape index (κ3) is 5.03. The third-order valence-electron chi connectivity index (χ3n) is 5.51. The van der Waals surface area contributed by atoms with E-state index >= 15 is 0 Å². The molecule has 2 heterocycles. The molecule has 1 aliphatic heterocycles. The van der Waals surface area contributed by atoms with Gasteiger partial charge in [-0.3, -0.25) is 4.98 Å². The number of fused-ring (bicyclic) bond motifs is 2. The van der Waals surface area contributed by atoms with Crippen LogP contribution in [-0.2, 0) is 6.54 Å². The van der Waals surface area contributed by atoms with Crippen LogP contribution in [0, 0.1) is 17.1 Å². The highest BCUT2D eigenvalue weighted by atomic mass is 35.5. The van der Waals surface area contributed by atoms with E-state index in [-0.39, 0.29) is 5.02 Å². The van der Waals surface area contributed by atoms with Gasteiger partial charge in [0, 0.05) is 36.4 Å². The molecule has 33 heavy (non-hydrogen) atoms. The molecule has 2 aromatic carbocycles. The molecule has 0 atom stereocenters. The summed E-state index contributed by atoms with van der Waals surface area (Å²) < 4.78 is 25.9. The molecular weight excluding hydrogens is 443 g/mol. The van der Waals surface area contributed by atoms with Gasteiger partial charge in [0.1, 0.15) is 11.9 Å². The Kier molecular flexibility index (Phi) is 6.97. The molecule has 8 heteroatoms. The maximum atomic E-state index is 14.4. The molecule has 1 N–H and O–H groups in total. The van der Waals surface area contributed by atoms with Gasteiger partial charge in [0.15, 0.2) is 11.5 Å². The molecule has 0 radical (unpaired) electrons. The summed E-state index contributed by atoms with van der Waals surface area (Å²) >= 11 is 6.13. The second kappa shape index (κ2) is 10.1. The van der Waals surface area contributed by atoms with E-state index in [4.69, 9.17) is 21.1 Å². The van der Waals surface area contributed by atoms with Crippen molar-refractivity contribution in [2.75, 3.05) is 32.6 Å². The van der Waals surface area contributed by atoms with Gasteiger partial charge >= 0.3 is 0 Å². The summed E-state index contributed by atoms with van der Waals surface area (Å²) in [5.74, 6) is 0.630. The maximum absolute atomic E-state index is 14.4. The fourth-order valence-corrected chi connectivity index (χ4v) is 3.96. The lowest BCUT2D eigenvalue weighted by Crippen LogP contribution is -2.19. The monoisotopic (exact) mass is 466 g/mol. The minimum Gasteiger partial charge on any atom is -0.493 e. The van der Waals surface area contributed by atoms with Crippen LogP contribution in [0.15, 0.2) is 42.6 Å². The van der Waals surface area contributed by atoms with Crippen LogP contribution in [0.5, 0.6) is 11.5 Å². The molecule has 0 saturated heterocycles. The number of nitrogens with zero attached hydrogens (tertiary/aromatic N) is 3. The van der Waals surface area contributed by atoms with Crippen LogP contribution in [-0.4, -0.2) is 37.2 Å². The Morgan fingerprint density at radius 2 is 2.06 bits per heavy atom. The average Bonchev–Trinajstić information content (AvgIpc) is 2.80. The number of benzene rings is 2. The molecule has 1 aliphatic rings. The zero-order valence-electron chi connectivity index (χ0n) is 18.5. The fourth-order valence-electron chi connectivity index (χ4n) is 3.80. The molecule has 1 aromatic heterocycles. The first-order chi connectivity index (χ1) is 16.0. The summed E-state index contributed by atoms with van der Waals surface area (Å²) in [6.45, 7) is 1.80. The van der Waals surface area contributed by atoms with Crippen LogP contribution in [0.25, 0.3) is 10.9 Å². The molecule has 0 aliphatic carbocycles. The third-order valence-corrected chi connectivity index (χ3v) is 5.80. The van der Waals surface area contributed by atoms with E-state index < -0.39 is 5.82 Å². The second-order valence-electron chi connectivity index (χ2n) is 7.86. The number of anilines is 2. The van der Waals surface area contributed by atoms with Crippen molar-refractivity contribution in [2.45, 2.75) is 19.4 Å². The summed E-state index contributed by atoms with van der Waals surface area (Å²) in [5, 5.41) is 13.8. The molecule has 6 nitrogen and oxygen atoms in total. The molecule has 2 bridgehead atoms. The summed E-state index contributed by atoms with van der Waals surface area (Å²) in [7, 11) is 3.56. The Labute approximate surface area is 197 Å². The SMILES string of the molecule is COc1cc2ncc(C#N)c3c2cc1OCCC=CCCN(C)Cc1cc(F)c(Cl)cc1N3. The van der Waals surface area contributed by atoms with Crippen LogP contribution < -0.4 is 14.8 Å². The fraction of sp³-hybridized carbons (Fsp3) is 0.280. The van der Waals surface area contributed by atoms with Crippen molar-refractivity contribution in [3.8, 4) is 17.6 Å². The van der Waals surface area contributed by atoms with Gasteiger partial charge in [-0.25, -0.2) is 4.39 Å². The lowest BCUT2D eigenvalue weighted by molar-refractivity contribution is 0.300. The number of halogens is 2. The molecule has 4 rings (SSSR count). The first kappa shape index (κ1) is 22.8. The van der Waals surface area contributed by atoms with Crippen LogP contribution in [0.4, 0.5) is 15.8 Å². The Hall–Kier alpha value is -3.34. The minimum absolute atomic E-state index is 0.00352. The number of methoxy groups -OCH3 is 1. The number of nitriles is 1. The largest absolute Gasteiger partial charge is 0.493 e. The second-order valence-corrected chi connectivity index (χ2v) is 8.27. The number of nitrogens with one attached hydrogen (secondary N) is 1. The highest BCUT2D eigenvalue weighted by molar-refractivity contribution is 6.31. The molecule has 0 saturated carbocycles. The van der Waals surface area contributed by atoms with Crippen LogP contribution in [0.3, 0.4) is 0 Å².